The minimum Gasteiger partial charge on any atom is -0.399 e. The molecule has 6 heteroatoms. The summed E-state index contributed by atoms with van der Waals surface area (Å²) in [4.78, 5) is 8.33. The fourth-order valence-corrected chi connectivity index (χ4v) is 1.92. The summed E-state index contributed by atoms with van der Waals surface area (Å²) in [5, 5.41) is 4.03. The Hall–Kier alpha value is -1.69. The summed E-state index contributed by atoms with van der Waals surface area (Å²) < 4.78 is 11.0. The van der Waals surface area contributed by atoms with Crippen molar-refractivity contribution in [3.8, 4) is 0 Å². The van der Waals surface area contributed by atoms with Crippen molar-refractivity contribution >= 4 is 33.2 Å². The first-order valence-corrected chi connectivity index (χ1v) is 6.93. The van der Waals surface area contributed by atoms with Crippen LogP contribution in [-0.2, 0) is 10.8 Å². The number of hydrogen-bond donors (Lipinski definition) is 2. The molecule has 0 aliphatic rings. The number of nitrogens with zero attached hydrogens (tertiary/aromatic N) is 2. The molecule has 2 rings (SSSR count). The Labute approximate surface area is 102 Å². The number of rotatable bonds is 4. The molecule has 1 heterocycles. The minimum atomic E-state index is -0.808. The molecule has 3 N–H and O–H groups in total. The van der Waals surface area contributed by atoms with Gasteiger partial charge in [0.25, 0.3) is 0 Å². The molecule has 0 fully saturated rings. The van der Waals surface area contributed by atoms with Crippen molar-refractivity contribution in [2.75, 3.05) is 29.6 Å². The molecular weight excluding hydrogens is 236 g/mol. The SMILES string of the molecule is CS(=O)CCNc1ncnc2ccc(N)cc12. The second kappa shape index (κ2) is 5.09. The second-order valence-corrected chi connectivity index (χ2v) is 5.26. The second-order valence-electron chi connectivity index (χ2n) is 3.70. The predicted molar refractivity (Wildman–Crippen MR) is 71.4 cm³/mol. The number of hydrogen-bond acceptors (Lipinski definition) is 5. The summed E-state index contributed by atoms with van der Waals surface area (Å²) >= 11 is 0. The zero-order valence-electron chi connectivity index (χ0n) is 9.51. The van der Waals surface area contributed by atoms with Gasteiger partial charge in [-0.15, -0.1) is 0 Å². The molecule has 1 aromatic heterocycles. The lowest BCUT2D eigenvalue weighted by Gasteiger charge is -2.07. The van der Waals surface area contributed by atoms with Gasteiger partial charge in [0, 0.05) is 40.4 Å². The highest BCUT2D eigenvalue weighted by Crippen LogP contribution is 2.21. The van der Waals surface area contributed by atoms with Crippen molar-refractivity contribution in [3.05, 3.63) is 24.5 Å². The lowest BCUT2D eigenvalue weighted by molar-refractivity contribution is 0.687. The van der Waals surface area contributed by atoms with Crippen LogP contribution in [0.2, 0.25) is 0 Å². The van der Waals surface area contributed by atoms with Crippen LogP contribution in [0.4, 0.5) is 11.5 Å². The Bertz CT molecular complexity index is 558. The van der Waals surface area contributed by atoms with Crippen LogP contribution < -0.4 is 11.1 Å². The summed E-state index contributed by atoms with van der Waals surface area (Å²) in [6.07, 6.45) is 3.18. The first kappa shape index (κ1) is 11.8. The van der Waals surface area contributed by atoms with Gasteiger partial charge < -0.3 is 11.1 Å². The highest BCUT2D eigenvalue weighted by atomic mass is 32.2. The number of anilines is 2. The van der Waals surface area contributed by atoms with E-state index in [1.807, 2.05) is 12.1 Å². The largest absolute Gasteiger partial charge is 0.399 e. The van der Waals surface area contributed by atoms with Crippen molar-refractivity contribution in [2.24, 2.45) is 0 Å². The van der Waals surface area contributed by atoms with Gasteiger partial charge in [-0.2, -0.15) is 0 Å². The number of nitrogens with one attached hydrogen (secondary N) is 1. The quantitative estimate of drug-likeness (QED) is 0.791. The van der Waals surface area contributed by atoms with Gasteiger partial charge in [-0.3, -0.25) is 4.21 Å². The Balaban J connectivity index is 2.27. The van der Waals surface area contributed by atoms with Gasteiger partial charge in [-0.25, -0.2) is 9.97 Å². The average Bonchev–Trinajstić information content (AvgIpc) is 2.29. The summed E-state index contributed by atoms with van der Waals surface area (Å²) in [5.74, 6) is 1.32. The number of aromatic nitrogens is 2. The van der Waals surface area contributed by atoms with Crippen LogP contribution in [0.1, 0.15) is 0 Å². The zero-order chi connectivity index (χ0) is 12.3. The van der Waals surface area contributed by atoms with E-state index in [1.165, 1.54) is 6.33 Å². The smallest absolute Gasteiger partial charge is 0.137 e. The van der Waals surface area contributed by atoms with Gasteiger partial charge in [0.1, 0.15) is 12.1 Å². The number of benzene rings is 1. The molecule has 0 aliphatic heterocycles. The first-order valence-electron chi connectivity index (χ1n) is 5.21. The summed E-state index contributed by atoms with van der Waals surface area (Å²) in [5.41, 5.74) is 7.26. The van der Waals surface area contributed by atoms with Crippen molar-refractivity contribution in [1.82, 2.24) is 9.97 Å². The van der Waals surface area contributed by atoms with E-state index in [2.05, 4.69) is 15.3 Å². The van der Waals surface area contributed by atoms with Crippen LogP contribution >= 0.6 is 0 Å². The molecule has 17 heavy (non-hydrogen) atoms. The zero-order valence-corrected chi connectivity index (χ0v) is 10.3. The van der Waals surface area contributed by atoms with Crippen LogP contribution in [0.25, 0.3) is 10.9 Å². The molecule has 1 aromatic carbocycles. The molecule has 5 nitrogen and oxygen atoms in total. The van der Waals surface area contributed by atoms with E-state index in [0.717, 1.165) is 16.7 Å². The third-order valence-corrected chi connectivity index (χ3v) is 3.12. The molecule has 0 amide bonds. The highest BCUT2D eigenvalue weighted by Gasteiger charge is 2.03. The first-order chi connectivity index (χ1) is 8.16. The maximum absolute atomic E-state index is 11.0. The maximum atomic E-state index is 11.0. The fourth-order valence-electron chi connectivity index (χ4n) is 1.53. The highest BCUT2D eigenvalue weighted by molar-refractivity contribution is 7.84. The summed E-state index contributed by atoms with van der Waals surface area (Å²) in [6, 6.07) is 5.50. The summed E-state index contributed by atoms with van der Waals surface area (Å²) in [6.45, 7) is 0.615. The lowest BCUT2D eigenvalue weighted by atomic mass is 10.2. The molecule has 2 aromatic rings. The summed E-state index contributed by atoms with van der Waals surface area (Å²) in [7, 11) is -0.808. The van der Waals surface area contributed by atoms with Gasteiger partial charge >= 0.3 is 0 Å². The van der Waals surface area contributed by atoms with Crippen molar-refractivity contribution in [3.63, 3.8) is 0 Å². The standard InChI is InChI=1S/C11H14N4OS/c1-17(16)5-4-13-11-9-6-8(12)2-3-10(9)14-7-15-11/h2-3,6-7H,4-5,12H2,1H3,(H,13,14,15). The Morgan fingerprint density at radius 3 is 3.00 bits per heavy atom. The molecule has 1 unspecified atom stereocenters. The van der Waals surface area contributed by atoms with Crippen LogP contribution in [0, 0.1) is 0 Å². The third-order valence-electron chi connectivity index (χ3n) is 2.34. The van der Waals surface area contributed by atoms with Crippen LogP contribution in [0.5, 0.6) is 0 Å². The van der Waals surface area contributed by atoms with Gasteiger partial charge in [-0.1, -0.05) is 0 Å². The molecule has 0 spiro atoms. The maximum Gasteiger partial charge on any atom is 0.137 e. The van der Waals surface area contributed by atoms with Crippen LogP contribution in [-0.4, -0.2) is 32.7 Å². The molecule has 0 saturated carbocycles. The Morgan fingerprint density at radius 1 is 1.41 bits per heavy atom. The molecule has 0 radical (unpaired) electrons. The van der Waals surface area contributed by atoms with Gasteiger partial charge in [0.15, 0.2) is 0 Å². The van der Waals surface area contributed by atoms with Crippen molar-refractivity contribution in [1.29, 1.82) is 0 Å². The van der Waals surface area contributed by atoms with E-state index in [9.17, 15) is 4.21 Å². The molecular formula is C11H14N4OS. The number of nitrogens with two attached hydrogens (primary N) is 1. The van der Waals surface area contributed by atoms with Crippen LogP contribution in [0.15, 0.2) is 24.5 Å². The molecule has 90 valence electrons. The Morgan fingerprint density at radius 2 is 2.24 bits per heavy atom. The molecule has 0 aliphatic carbocycles. The minimum absolute atomic E-state index is 0.591. The predicted octanol–water partition coefficient (Wildman–Crippen LogP) is 1.00. The number of nitrogen functional groups attached to an aromatic ring is 1. The average molecular weight is 250 g/mol. The monoisotopic (exact) mass is 250 g/mol. The molecule has 0 bridgehead atoms. The van der Waals surface area contributed by atoms with Gasteiger partial charge in [0.05, 0.1) is 5.52 Å². The van der Waals surface area contributed by atoms with E-state index < -0.39 is 10.8 Å². The van der Waals surface area contributed by atoms with Crippen molar-refractivity contribution < 1.29 is 4.21 Å². The topological polar surface area (TPSA) is 80.9 Å². The third kappa shape index (κ3) is 2.91. The van der Waals surface area contributed by atoms with E-state index in [0.29, 0.717) is 18.0 Å². The van der Waals surface area contributed by atoms with E-state index in [1.54, 1.807) is 12.3 Å². The number of fused-ring (bicyclic) bond motifs is 1. The van der Waals surface area contributed by atoms with E-state index in [-0.39, 0.29) is 0 Å². The fraction of sp³-hybridized carbons (Fsp3) is 0.273. The van der Waals surface area contributed by atoms with E-state index >= 15 is 0 Å². The molecule has 1 atom stereocenters. The van der Waals surface area contributed by atoms with E-state index in [4.69, 9.17) is 5.73 Å². The molecule has 0 saturated heterocycles. The van der Waals surface area contributed by atoms with Gasteiger partial charge in [0.2, 0.25) is 0 Å². The Kier molecular flexibility index (Phi) is 3.53. The van der Waals surface area contributed by atoms with Crippen LogP contribution in [0.3, 0.4) is 0 Å². The van der Waals surface area contributed by atoms with Crippen molar-refractivity contribution in [2.45, 2.75) is 0 Å². The lowest BCUT2D eigenvalue weighted by Crippen LogP contribution is -2.11. The normalized spacial score (nSPS) is 12.5. The van der Waals surface area contributed by atoms with Gasteiger partial charge in [-0.05, 0) is 18.2 Å².